The molecule has 1 aliphatic carbocycles. The fourth-order valence-electron chi connectivity index (χ4n) is 2.60. The van der Waals surface area contributed by atoms with E-state index in [1.807, 2.05) is 19.1 Å². The molecule has 2 rings (SSSR count). The number of para-hydroxylation sites is 1. The Morgan fingerprint density at radius 2 is 2.04 bits per heavy atom. The van der Waals surface area contributed by atoms with Crippen molar-refractivity contribution < 1.29 is 9.47 Å². The van der Waals surface area contributed by atoms with E-state index in [-0.39, 0.29) is 24.0 Å². The third-order valence-electron chi connectivity index (χ3n) is 4.23. The first-order valence-corrected chi connectivity index (χ1v) is 9.52. The molecule has 0 amide bonds. The molecule has 0 unspecified atom stereocenters. The minimum atomic E-state index is 0. The minimum absolute atomic E-state index is 0. The molecular formula is C20H34IN3O2. The molecule has 0 radical (unpaired) electrons. The predicted molar refractivity (Wildman–Crippen MR) is 119 cm³/mol. The summed E-state index contributed by atoms with van der Waals surface area (Å²) in [6.07, 6.45) is 3.55. The summed E-state index contributed by atoms with van der Waals surface area (Å²) in [7, 11) is 2.07. The highest BCUT2D eigenvalue weighted by molar-refractivity contribution is 14.0. The maximum Gasteiger partial charge on any atom is 0.193 e. The van der Waals surface area contributed by atoms with Crippen LogP contribution < -0.4 is 10.1 Å². The fourth-order valence-corrected chi connectivity index (χ4v) is 2.60. The molecule has 6 heteroatoms. The molecule has 1 N–H and O–H groups in total. The number of halogens is 1. The highest BCUT2D eigenvalue weighted by Gasteiger charge is 2.21. The van der Waals surface area contributed by atoms with Gasteiger partial charge in [-0.05, 0) is 50.7 Å². The van der Waals surface area contributed by atoms with Gasteiger partial charge in [-0.2, -0.15) is 0 Å². The van der Waals surface area contributed by atoms with Crippen LogP contribution in [0.1, 0.15) is 32.3 Å². The zero-order valence-electron chi connectivity index (χ0n) is 16.4. The van der Waals surface area contributed by atoms with Crippen molar-refractivity contribution >= 4 is 29.9 Å². The average Bonchev–Trinajstić information content (AvgIpc) is 3.44. The van der Waals surface area contributed by atoms with Gasteiger partial charge in [0.15, 0.2) is 5.96 Å². The zero-order chi connectivity index (χ0) is 17.9. The summed E-state index contributed by atoms with van der Waals surface area (Å²) in [5.74, 6) is 2.72. The van der Waals surface area contributed by atoms with Crippen LogP contribution in [-0.4, -0.2) is 57.4 Å². The summed E-state index contributed by atoms with van der Waals surface area (Å²) < 4.78 is 11.4. The van der Waals surface area contributed by atoms with E-state index in [9.17, 15) is 0 Å². The van der Waals surface area contributed by atoms with E-state index in [2.05, 4.69) is 36.3 Å². The van der Waals surface area contributed by atoms with Gasteiger partial charge in [-0.3, -0.25) is 4.99 Å². The maximum absolute atomic E-state index is 5.73. The number of likely N-dealkylation sites (N-methyl/N-ethyl adjacent to an activating group) is 1. The summed E-state index contributed by atoms with van der Waals surface area (Å²) in [6.45, 7) is 8.91. The summed E-state index contributed by atoms with van der Waals surface area (Å²) in [5.41, 5.74) is 1.21. The van der Waals surface area contributed by atoms with Gasteiger partial charge in [-0.25, -0.2) is 0 Å². The molecule has 5 nitrogen and oxygen atoms in total. The molecule has 26 heavy (non-hydrogen) atoms. The lowest BCUT2D eigenvalue weighted by molar-refractivity contribution is 0.115. The van der Waals surface area contributed by atoms with Gasteiger partial charge < -0.3 is 19.7 Å². The number of aliphatic imine (C=N–C) groups is 1. The Hall–Kier alpha value is -1.02. The smallest absolute Gasteiger partial charge is 0.193 e. The van der Waals surface area contributed by atoms with Crippen molar-refractivity contribution in [1.82, 2.24) is 10.2 Å². The largest absolute Gasteiger partial charge is 0.494 e. The molecule has 1 aliphatic rings. The van der Waals surface area contributed by atoms with Gasteiger partial charge in [0.2, 0.25) is 0 Å². The summed E-state index contributed by atoms with van der Waals surface area (Å²) in [4.78, 5) is 6.90. The van der Waals surface area contributed by atoms with Crippen molar-refractivity contribution in [2.24, 2.45) is 10.9 Å². The second-order valence-corrected chi connectivity index (χ2v) is 6.47. The van der Waals surface area contributed by atoms with Gasteiger partial charge in [0.25, 0.3) is 0 Å². The van der Waals surface area contributed by atoms with Crippen LogP contribution in [0, 0.1) is 5.92 Å². The van der Waals surface area contributed by atoms with Crippen molar-refractivity contribution in [3.63, 3.8) is 0 Å². The Balaban J connectivity index is 0.00000338. The van der Waals surface area contributed by atoms with E-state index in [4.69, 9.17) is 14.5 Å². The first-order valence-electron chi connectivity index (χ1n) is 9.52. The first-order chi connectivity index (χ1) is 12.2. The van der Waals surface area contributed by atoms with Crippen LogP contribution in [0.3, 0.4) is 0 Å². The van der Waals surface area contributed by atoms with E-state index in [0.29, 0.717) is 6.61 Å². The van der Waals surface area contributed by atoms with E-state index >= 15 is 0 Å². The fraction of sp³-hybridized carbons (Fsp3) is 0.650. The number of guanidine groups is 1. The van der Waals surface area contributed by atoms with Gasteiger partial charge in [-0.15, -0.1) is 24.0 Å². The van der Waals surface area contributed by atoms with E-state index < -0.39 is 0 Å². The van der Waals surface area contributed by atoms with E-state index in [1.54, 1.807) is 0 Å². The van der Waals surface area contributed by atoms with Crippen LogP contribution in [0.25, 0.3) is 0 Å². The van der Waals surface area contributed by atoms with Gasteiger partial charge in [0.1, 0.15) is 5.75 Å². The summed E-state index contributed by atoms with van der Waals surface area (Å²) in [6, 6.07) is 8.20. The van der Waals surface area contributed by atoms with Crippen molar-refractivity contribution in [3.8, 4) is 5.75 Å². The topological polar surface area (TPSA) is 46.1 Å². The van der Waals surface area contributed by atoms with Crippen molar-refractivity contribution in [2.45, 2.75) is 33.1 Å². The molecule has 0 atom stereocenters. The molecule has 0 heterocycles. The van der Waals surface area contributed by atoms with E-state index in [0.717, 1.165) is 56.9 Å². The third-order valence-corrected chi connectivity index (χ3v) is 4.23. The predicted octanol–water partition coefficient (Wildman–Crippen LogP) is 3.57. The third kappa shape index (κ3) is 8.58. The standard InChI is InChI=1S/C20H33N3O2.HI/c1-4-21-20(23(3)14-15-24-16-17-10-11-17)22-13-12-18-8-6-7-9-19(18)25-5-2;/h6-9,17H,4-5,10-16H2,1-3H3,(H,21,22);1H. The van der Waals surface area contributed by atoms with Crippen molar-refractivity contribution in [1.29, 1.82) is 0 Å². The van der Waals surface area contributed by atoms with Crippen LogP contribution >= 0.6 is 24.0 Å². The molecule has 1 aromatic rings. The number of hydrogen-bond donors (Lipinski definition) is 1. The number of nitrogens with one attached hydrogen (secondary N) is 1. The Morgan fingerprint density at radius 3 is 2.73 bits per heavy atom. The quantitative estimate of drug-likeness (QED) is 0.230. The van der Waals surface area contributed by atoms with E-state index in [1.165, 1.54) is 18.4 Å². The maximum atomic E-state index is 5.73. The van der Waals surface area contributed by atoms with Crippen LogP contribution in [0.15, 0.2) is 29.3 Å². The zero-order valence-corrected chi connectivity index (χ0v) is 18.7. The Bertz CT molecular complexity index is 536. The Morgan fingerprint density at radius 1 is 1.27 bits per heavy atom. The Kier molecular flexibility index (Phi) is 11.7. The van der Waals surface area contributed by atoms with Crippen molar-refractivity contribution in [3.05, 3.63) is 29.8 Å². The summed E-state index contributed by atoms with van der Waals surface area (Å²) >= 11 is 0. The monoisotopic (exact) mass is 475 g/mol. The lowest BCUT2D eigenvalue weighted by atomic mass is 10.1. The molecule has 1 fully saturated rings. The molecule has 0 spiro atoms. The molecule has 0 aromatic heterocycles. The van der Waals surface area contributed by atoms with Crippen LogP contribution in [-0.2, 0) is 11.2 Å². The minimum Gasteiger partial charge on any atom is -0.494 e. The molecule has 0 saturated heterocycles. The van der Waals surface area contributed by atoms with Gasteiger partial charge in [-0.1, -0.05) is 18.2 Å². The molecule has 0 aliphatic heterocycles. The molecular weight excluding hydrogens is 441 g/mol. The number of ether oxygens (including phenoxy) is 2. The number of nitrogens with zero attached hydrogens (tertiary/aromatic N) is 2. The lowest BCUT2D eigenvalue weighted by Crippen LogP contribution is -2.40. The number of hydrogen-bond acceptors (Lipinski definition) is 3. The second-order valence-electron chi connectivity index (χ2n) is 6.47. The molecule has 148 valence electrons. The Labute approximate surface area is 175 Å². The second kappa shape index (κ2) is 13.2. The molecule has 1 aromatic carbocycles. The lowest BCUT2D eigenvalue weighted by Gasteiger charge is -2.22. The van der Waals surface area contributed by atoms with Crippen LogP contribution in [0.5, 0.6) is 5.75 Å². The highest BCUT2D eigenvalue weighted by Crippen LogP contribution is 2.28. The molecule has 0 bridgehead atoms. The number of rotatable bonds is 11. The van der Waals surface area contributed by atoms with Gasteiger partial charge >= 0.3 is 0 Å². The van der Waals surface area contributed by atoms with Crippen LogP contribution in [0.2, 0.25) is 0 Å². The van der Waals surface area contributed by atoms with Crippen molar-refractivity contribution in [2.75, 3.05) is 46.5 Å². The highest BCUT2D eigenvalue weighted by atomic mass is 127. The SMILES string of the molecule is CCNC(=NCCc1ccccc1OCC)N(C)CCOCC1CC1.I. The summed E-state index contributed by atoms with van der Waals surface area (Å²) in [5, 5.41) is 3.36. The van der Waals surface area contributed by atoms with Crippen LogP contribution in [0.4, 0.5) is 0 Å². The number of benzene rings is 1. The van der Waals surface area contributed by atoms with Gasteiger partial charge in [0, 0.05) is 33.3 Å². The molecule has 1 saturated carbocycles. The first kappa shape index (κ1) is 23.0. The normalized spacial score (nSPS) is 13.9. The average molecular weight is 475 g/mol. The van der Waals surface area contributed by atoms with Gasteiger partial charge in [0.05, 0.1) is 13.2 Å².